The van der Waals surface area contributed by atoms with Crippen molar-refractivity contribution in [1.29, 1.82) is 0 Å². The fraction of sp³-hybridized carbons (Fsp3) is 0.714. The van der Waals surface area contributed by atoms with Crippen LogP contribution in [0.2, 0.25) is 0 Å². The molecule has 5 nitrogen and oxygen atoms in total. The minimum absolute atomic E-state index is 0.0945. The summed E-state index contributed by atoms with van der Waals surface area (Å²) in [6.07, 6.45) is 2.02. The lowest BCUT2D eigenvalue weighted by Crippen LogP contribution is -2.59. The lowest BCUT2D eigenvalue weighted by molar-refractivity contribution is -0.0965. The topological polar surface area (TPSA) is 49.9 Å². The minimum Gasteiger partial charge on any atom is -0.379 e. The summed E-state index contributed by atoms with van der Waals surface area (Å²) in [6.45, 7) is 12.4. The fourth-order valence-corrected chi connectivity index (χ4v) is 7.28. The molecule has 2 aliphatic heterocycles. The van der Waals surface area contributed by atoms with Gasteiger partial charge in [0.15, 0.2) is 0 Å². The Balaban J connectivity index is 1.56. The predicted octanol–water partition coefficient (Wildman–Crippen LogP) is 2.62. The largest absolute Gasteiger partial charge is 0.379 e. The van der Waals surface area contributed by atoms with Crippen LogP contribution in [0.3, 0.4) is 0 Å². The average Bonchev–Trinajstić information content (AvgIpc) is 2.98. The van der Waals surface area contributed by atoms with E-state index in [4.69, 9.17) is 4.74 Å². The quantitative estimate of drug-likeness (QED) is 0.773. The molecule has 150 valence electrons. The van der Waals surface area contributed by atoms with Crippen molar-refractivity contribution in [2.45, 2.75) is 38.5 Å². The summed E-state index contributed by atoms with van der Waals surface area (Å²) in [5, 5.41) is 0. The van der Waals surface area contributed by atoms with Crippen LogP contribution < -0.4 is 0 Å². The van der Waals surface area contributed by atoms with Crippen LogP contribution in [-0.4, -0.2) is 63.6 Å². The highest BCUT2D eigenvalue weighted by atomic mass is 32.2. The Kier molecular flexibility index (Phi) is 4.90. The zero-order chi connectivity index (χ0) is 19.3. The number of aryl methyl sites for hydroxylation is 1. The van der Waals surface area contributed by atoms with Crippen molar-refractivity contribution in [2.75, 3.05) is 45.9 Å². The Labute approximate surface area is 163 Å². The third-order valence-corrected chi connectivity index (χ3v) is 8.81. The molecule has 1 saturated carbocycles. The van der Waals surface area contributed by atoms with E-state index in [2.05, 4.69) is 25.7 Å². The van der Waals surface area contributed by atoms with Crippen LogP contribution in [-0.2, 0) is 21.2 Å². The van der Waals surface area contributed by atoms with Gasteiger partial charge in [-0.25, -0.2) is 8.42 Å². The van der Waals surface area contributed by atoms with Gasteiger partial charge < -0.3 is 4.74 Å². The van der Waals surface area contributed by atoms with Gasteiger partial charge in [-0.2, -0.15) is 4.31 Å². The summed E-state index contributed by atoms with van der Waals surface area (Å²) in [5.41, 5.74) is 1.47. The fourth-order valence-electron chi connectivity index (χ4n) is 5.73. The molecule has 0 radical (unpaired) electrons. The second-order valence-electron chi connectivity index (χ2n) is 9.26. The van der Waals surface area contributed by atoms with Crippen molar-refractivity contribution in [1.82, 2.24) is 9.21 Å². The van der Waals surface area contributed by atoms with Crippen molar-refractivity contribution in [2.24, 2.45) is 16.7 Å². The highest BCUT2D eigenvalue weighted by molar-refractivity contribution is 7.89. The number of benzene rings is 1. The summed E-state index contributed by atoms with van der Waals surface area (Å²) >= 11 is 0. The van der Waals surface area contributed by atoms with Gasteiger partial charge in [0.1, 0.15) is 0 Å². The number of fused-ring (bicyclic) bond motifs is 1. The smallest absolute Gasteiger partial charge is 0.243 e. The van der Waals surface area contributed by atoms with Crippen LogP contribution in [0.4, 0.5) is 0 Å². The average molecular weight is 393 g/mol. The van der Waals surface area contributed by atoms with Crippen molar-refractivity contribution in [3.05, 3.63) is 29.8 Å². The molecule has 1 aliphatic carbocycles. The first-order chi connectivity index (χ1) is 12.8. The zero-order valence-electron chi connectivity index (χ0n) is 16.8. The second-order valence-corrected chi connectivity index (χ2v) is 11.2. The third kappa shape index (κ3) is 3.35. The monoisotopic (exact) mass is 392 g/mol. The molecule has 0 aromatic heterocycles. The Hall–Kier alpha value is -0.950. The maximum atomic E-state index is 13.3. The normalized spacial score (nSPS) is 31.4. The van der Waals surface area contributed by atoms with E-state index in [9.17, 15) is 8.42 Å². The van der Waals surface area contributed by atoms with Crippen LogP contribution in [0.25, 0.3) is 0 Å². The van der Waals surface area contributed by atoms with Crippen molar-refractivity contribution in [3.63, 3.8) is 0 Å². The van der Waals surface area contributed by atoms with Gasteiger partial charge in [0.2, 0.25) is 10.0 Å². The molecule has 0 unspecified atom stereocenters. The Bertz CT molecular complexity index is 784. The van der Waals surface area contributed by atoms with Crippen LogP contribution in [0.15, 0.2) is 29.2 Å². The summed E-state index contributed by atoms with van der Waals surface area (Å²) < 4.78 is 33.8. The molecule has 0 bridgehead atoms. The maximum Gasteiger partial charge on any atom is 0.243 e. The van der Waals surface area contributed by atoms with Crippen molar-refractivity contribution >= 4 is 10.0 Å². The maximum absolute atomic E-state index is 13.3. The molecule has 0 amide bonds. The van der Waals surface area contributed by atoms with Gasteiger partial charge in [0.05, 0.1) is 18.1 Å². The third-order valence-electron chi connectivity index (χ3n) is 6.98. The first kappa shape index (κ1) is 19.4. The van der Waals surface area contributed by atoms with E-state index >= 15 is 0 Å². The first-order valence-electron chi connectivity index (χ1n) is 10.2. The van der Waals surface area contributed by atoms with Gasteiger partial charge in [0.25, 0.3) is 0 Å². The summed E-state index contributed by atoms with van der Waals surface area (Å²) in [5.74, 6) is 0.428. The Morgan fingerprint density at radius 2 is 1.81 bits per heavy atom. The van der Waals surface area contributed by atoms with Crippen LogP contribution in [0.1, 0.15) is 32.8 Å². The summed E-state index contributed by atoms with van der Waals surface area (Å²) in [4.78, 5) is 2.90. The van der Waals surface area contributed by atoms with Crippen molar-refractivity contribution in [3.8, 4) is 0 Å². The first-order valence-corrected chi connectivity index (χ1v) is 11.6. The van der Waals surface area contributed by atoms with Gasteiger partial charge >= 0.3 is 0 Å². The van der Waals surface area contributed by atoms with Crippen LogP contribution in [0, 0.1) is 16.7 Å². The Morgan fingerprint density at radius 3 is 2.41 bits per heavy atom. The summed E-state index contributed by atoms with van der Waals surface area (Å²) in [7, 11) is -3.43. The van der Waals surface area contributed by atoms with Crippen LogP contribution >= 0.6 is 0 Å². The van der Waals surface area contributed by atoms with Crippen molar-refractivity contribution < 1.29 is 13.2 Å². The molecule has 3 fully saturated rings. The van der Waals surface area contributed by atoms with Gasteiger partial charge in [0, 0.05) is 38.1 Å². The standard InChI is InChI=1S/C21H32N2O3S/c1-4-17-5-7-18(8-6-17)27(24,25)23-13-19-20(2,3)14-21(19,16-23)15-22-9-11-26-12-10-22/h5-8,19H,4,9-16H2,1-3H3/t19-,21+/m1/s1. The second kappa shape index (κ2) is 6.83. The lowest BCUT2D eigenvalue weighted by Gasteiger charge is -2.58. The molecule has 1 aromatic rings. The predicted molar refractivity (Wildman–Crippen MR) is 106 cm³/mol. The molecule has 3 aliphatic rings. The van der Waals surface area contributed by atoms with E-state index in [1.807, 2.05) is 12.1 Å². The number of hydrogen-bond donors (Lipinski definition) is 0. The molecule has 0 spiro atoms. The van der Waals surface area contributed by atoms with E-state index in [0.29, 0.717) is 23.9 Å². The van der Waals surface area contributed by atoms with Gasteiger partial charge in [-0.05, 0) is 41.9 Å². The number of morpholine rings is 1. The van der Waals surface area contributed by atoms with Gasteiger partial charge in [-0.15, -0.1) is 0 Å². The van der Waals surface area contributed by atoms with Gasteiger partial charge in [-0.1, -0.05) is 32.9 Å². The van der Waals surface area contributed by atoms with E-state index < -0.39 is 10.0 Å². The molecule has 2 saturated heterocycles. The number of nitrogens with zero attached hydrogens (tertiary/aromatic N) is 2. The summed E-state index contributed by atoms with van der Waals surface area (Å²) in [6, 6.07) is 7.42. The molecule has 4 rings (SSSR count). The van der Waals surface area contributed by atoms with Gasteiger partial charge in [-0.3, -0.25) is 4.90 Å². The van der Waals surface area contributed by atoms with E-state index in [1.165, 1.54) is 5.56 Å². The van der Waals surface area contributed by atoms with E-state index in [-0.39, 0.29) is 10.8 Å². The lowest BCUT2D eigenvalue weighted by atomic mass is 9.48. The number of ether oxygens (including phenoxy) is 1. The molecule has 6 heteroatoms. The molecular weight excluding hydrogens is 360 g/mol. The number of rotatable bonds is 5. The molecule has 1 aromatic carbocycles. The number of sulfonamides is 1. The molecule has 2 atom stereocenters. The Morgan fingerprint density at radius 1 is 1.15 bits per heavy atom. The van der Waals surface area contributed by atoms with E-state index in [1.54, 1.807) is 16.4 Å². The molecule has 0 N–H and O–H groups in total. The highest BCUT2D eigenvalue weighted by Gasteiger charge is 2.64. The molecule has 27 heavy (non-hydrogen) atoms. The minimum atomic E-state index is -3.43. The van der Waals surface area contributed by atoms with E-state index in [0.717, 1.165) is 45.7 Å². The SMILES string of the molecule is CCc1ccc(S(=O)(=O)N2C[C@@H]3C(C)(C)C[C@]3(CN3CCOCC3)C2)cc1. The number of hydrogen-bond acceptors (Lipinski definition) is 4. The molecule has 2 heterocycles. The zero-order valence-corrected chi connectivity index (χ0v) is 17.6. The van der Waals surface area contributed by atoms with Crippen LogP contribution in [0.5, 0.6) is 0 Å². The molecular formula is C21H32N2O3S. The highest BCUT2D eigenvalue weighted by Crippen LogP contribution is 2.63.